The molecule has 0 N–H and O–H groups in total. The Hall–Kier alpha value is -0.970. The summed E-state index contributed by atoms with van der Waals surface area (Å²) in [5.41, 5.74) is -4.16. The van der Waals surface area contributed by atoms with Crippen LogP contribution in [0, 0.1) is 0 Å². The molecular formula is C10H13F2O4P. The second-order valence-electron chi connectivity index (χ2n) is 3.13. The van der Waals surface area contributed by atoms with E-state index in [2.05, 4.69) is 9.05 Å². The minimum absolute atomic E-state index is 0.425. The zero-order chi connectivity index (χ0) is 13.1. The van der Waals surface area contributed by atoms with Gasteiger partial charge in [0.2, 0.25) is 0 Å². The van der Waals surface area contributed by atoms with Crippen LogP contribution in [0.5, 0.6) is 5.75 Å². The van der Waals surface area contributed by atoms with Crippen molar-refractivity contribution in [3.05, 3.63) is 29.8 Å². The van der Waals surface area contributed by atoms with Crippen molar-refractivity contribution in [3.8, 4) is 5.75 Å². The summed E-state index contributed by atoms with van der Waals surface area (Å²) in [7, 11) is -1.25. The monoisotopic (exact) mass is 266 g/mol. The lowest BCUT2D eigenvalue weighted by Crippen LogP contribution is -2.16. The zero-order valence-corrected chi connectivity index (χ0v) is 10.5. The molecule has 0 aromatic heterocycles. The van der Waals surface area contributed by atoms with Crippen LogP contribution in [0.1, 0.15) is 5.56 Å². The normalized spacial score (nSPS) is 12.5. The first kappa shape index (κ1) is 14.1. The highest BCUT2D eigenvalue weighted by Gasteiger charge is 2.53. The summed E-state index contributed by atoms with van der Waals surface area (Å²) in [5.74, 6) is 0.425. The summed E-state index contributed by atoms with van der Waals surface area (Å²) in [6, 6.07) is 4.92. The summed E-state index contributed by atoms with van der Waals surface area (Å²) in [6.45, 7) is 0. The lowest BCUT2D eigenvalue weighted by Gasteiger charge is -2.23. The van der Waals surface area contributed by atoms with Crippen LogP contribution in [0.4, 0.5) is 8.78 Å². The summed E-state index contributed by atoms with van der Waals surface area (Å²) in [6.07, 6.45) is 0. The fourth-order valence-electron chi connectivity index (χ4n) is 1.25. The average molecular weight is 266 g/mol. The van der Waals surface area contributed by atoms with Crippen molar-refractivity contribution in [1.82, 2.24) is 0 Å². The minimum atomic E-state index is -4.50. The van der Waals surface area contributed by atoms with E-state index in [-0.39, 0.29) is 0 Å². The van der Waals surface area contributed by atoms with E-state index in [4.69, 9.17) is 4.74 Å². The molecule has 0 heterocycles. The first-order valence-corrected chi connectivity index (χ1v) is 6.19. The molecule has 0 saturated carbocycles. The minimum Gasteiger partial charge on any atom is -0.497 e. The molecule has 0 atom stereocenters. The number of methoxy groups -OCH3 is 1. The predicted molar refractivity (Wildman–Crippen MR) is 58.5 cm³/mol. The standard InChI is InChI=1S/C10H13F2O4P/c1-14-9-6-4-8(5-7-9)10(11,12)17(13,15-2)16-3/h4-7H,1-3H3. The number of benzene rings is 1. The molecule has 0 aliphatic rings. The predicted octanol–water partition coefficient (Wildman–Crippen LogP) is 3.23. The van der Waals surface area contributed by atoms with Gasteiger partial charge in [0.1, 0.15) is 5.75 Å². The first-order valence-electron chi connectivity index (χ1n) is 4.65. The van der Waals surface area contributed by atoms with Gasteiger partial charge in [0.25, 0.3) is 0 Å². The molecule has 17 heavy (non-hydrogen) atoms. The molecule has 1 aromatic rings. The molecule has 0 fully saturated rings. The van der Waals surface area contributed by atoms with Gasteiger partial charge in [-0.1, -0.05) is 0 Å². The topological polar surface area (TPSA) is 44.8 Å². The molecule has 0 amide bonds. The Balaban J connectivity index is 3.15. The summed E-state index contributed by atoms with van der Waals surface area (Å²) in [5, 5.41) is 0. The second kappa shape index (κ2) is 5.12. The van der Waals surface area contributed by atoms with Gasteiger partial charge in [-0.2, -0.15) is 8.78 Å². The molecule has 1 rings (SSSR count). The van der Waals surface area contributed by atoms with E-state index in [0.29, 0.717) is 5.75 Å². The lowest BCUT2D eigenvalue weighted by atomic mass is 10.2. The van der Waals surface area contributed by atoms with Crippen LogP contribution in [0.2, 0.25) is 0 Å². The van der Waals surface area contributed by atoms with Crippen molar-refractivity contribution in [3.63, 3.8) is 0 Å². The molecule has 0 spiro atoms. The fourth-order valence-corrected chi connectivity index (χ4v) is 2.33. The van der Waals surface area contributed by atoms with Gasteiger partial charge in [-0.25, -0.2) is 0 Å². The smallest absolute Gasteiger partial charge is 0.403 e. The molecule has 0 saturated heterocycles. The average Bonchev–Trinajstić information content (AvgIpc) is 2.37. The molecule has 1 aromatic carbocycles. The van der Waals surface area contributed by atoms with Crippen LogP contribution in [-0.2, 0) is 19.3 Å². The molecule has 0 aliphatic heterocycles. The maximum Gasteiger partial charge on any atom is 0.403 e. The van der Waals surface area contributed by atoms with Crippen LogP contribution in [-0.4, -0.2) is 21.3 Å². The number of rotatable bonds is 5. The molecule has 4 nitrogen and oxygen atoms in total. The molecule has 0 unspecified atom stereocenters. The quantitative estimate of drug-likeness (QED) is 0.767. The van der Waals surface area contributed by atoms with E-state index in [1.54, 1.807) is 0 Å². The molecule has 0 aliphatic carbocycles. The third-order valence-electron chi connectivity index (χ3n) is 2.26. The van der Waals surface area contributed by atoms with Crippen molar-refractivity contribution in [2.45, 2.75) is 5.66 Å². The van der Waals surface area contributed by atoms with Gasteiger partial charge in [-0.3, -0.25) is 4.57 Å². The Morgan fingerprint density at radius 3 is 1.88 bits per heavy atom. The Bertz CT molecular complexity index is 411. The molecule has 7 heteroatoms. The van der Waals surface area contributed by atoms with E-state index in [9.17, 15) is 13.3 Å². The van der Waals surface area contributed by atoms with Gasteiger partial charge in [-0.05, 0) is 24.3 Å². The van der Waals surface area contributed by atoms with Crippen LogP contribution in [0.3, 0.4) is 0 Å². The number of hydrogen-bond acceptors (Lipinski definition) is 4. The highest BCUT2D eigenvalue weighted by atomic mass is 31.2. The molecular weight excluding hydrogens is 253 g/mol. The number of hydrogen-bond donors (Lipinski definition) is 0. The Morgan fingerprint density at radius 2 is 1.53 bits per heavy atom. The second-order valence-corrected chi connectivity index (χ2v) is 5.42. The van der Waals surface area contributed by atoms with Gasteiger partial charge in [0, 0.05) is 19.8 Å². The number of halogens is 2. The van der Waals surface area contributed by atoms with Crippen LogP contribution < -0.4 is 4.74 Å². The number of alkyl halides is 2. The molecule has 0 bridgehead atoms. The van der Waals surface area contributed by atoms with Gasteiger partial charge < -0.3 is 13.8 Å². The number of ether oxygens (including phenoxy) is 1. The SMILES string of the molecule is COc1ccc(C(F)(F)P(=O)(OC)OC)cc1. The van der Waals surface area contributed by atoms with Crippen molar-refractivity contribution >= 4 is 7.60 Å². The van der Waals surface area contributed by atoms with E-state index in [1.807, 2.05) is 0 Å². The van der Waals surface area contributed by atoms with Crippen molar-refractivity contribution in [1.29, 1.82) is 0 Å². The molecule has 0 radical (unpaired) electrons. The van der Waals surface area contributed by atoms with Gasteiger partial charge in [-0.15, -0.1) is 0 Å². The highest BCUT2D eigenvalue weighted by Crippen LogP contribution is 2.65. The van der Waals surface area contributed by atoms with Crippen molar-refractivity contribution < 1.29 is 27.1 Å². The van der Waals surface area contributed by atoms with E-state index in [1.165, 1.54) is 19.2 Å². The summed E-state index contributed by atoms with van der Waals surface area (Å²) in [4.78, 5) is 0. The van der Waals surface area contributed by atoms with Crippen molar-refractivity contribution in [2.24, 2.45) is 0 Å². The molecule has 96 valence electrons. The largest absolute Gasteiger partial charge is 0.497 e. The van der Waals surface area contributed by atoms with E-state index in [0.717, 1.165) is 26.4 Å². The Morgan fingerprint density at radius 1 is 1.06 bits per heavy atom. The van der Waals surface area contributed by atoms with Crippen molar-refractivity contribution in [2.75, 3.05) is 21.3 Å². The zero-order valence-electron chi connectivity index (χ0n) is 9.65. The maximum absolute atomic E-state index is 13.9. The highest BCUT2D eigenvalue weighted by molar-refractivity contribution is 7.54. The maximum atomic E-state index is 13.9. The van der Waals surface area contributed by atoms with Gasteiger partial charge in [0.15, 0.2) is 0 Å². The van der Waals surface area contributed by atoms with Gasteiger partial charge in [0.05, 0.1) is 7.11 Å². The summed E-state index contributed by atoms with van der Waals surface area (Å²) < 4.78 is 52.9. The summed E-state index contributed by atoms with van der Waals surface area (Å²) >= 11 is 0. The van der Waals surface area contributed by atoms with E-state index < -0.39 is 18.8 Å². The first-order chi connectivity index (χ1) is 7.91. The Labute approximate surface area is 98.0 Å². The van der Waals surface area contributed by atoms with Crippen LogP contribution >= 0.6 is 7.60 Å². The van der Waals surface area contributed by atoms with Crippen LogP contribution in [0.15, 0.2) is 24.3 Å². The van der Waals surface area contributed by atoms with Gasteiger partial charge >= 0.3 is 13.3 Å². The third-order valence-corrected chi connectivity index (χ3v) is 4.17. The third kappa shape index (κ3) is 2.49. The Kier molecular flexibility index (Phi) is 4.25. The van der Waals surface area contributed by atoms with Crippen LogP contribution in [0.25, 0.3) is 0 Å². The fraction of sp³-hybridized carbons (Fsp3) is 0.400. The van der Waals surface area contributed by atoms with E-state index >= 15 is 0 Å². The lowest BCUT2D eigenvalue weighted by molar-refractivity contribution is 0.0453.